The summed E-state index contributed by atoms with van der Waals surface area (Å²) in [5, 5.41) is 9.02. The van der Waals surface area contributed by atoms with Crippen molar-refractivity contribution >= 4 is 93.7 Å². The second-order valence-electron chi connectivity index (χ2n) is 16.0. The Morgan fingerprint density at radius 1 is 0.258 bits per heavy atom. The largest absolute Gasteiger partial charge is 0.456 e. The average molecular weight is 794 g/mol. The Morgan fingerprint density at radius 2 is 0.694 bits per heavy atom. The van der Waals surface area contributed by atoms with E-state index in [0.29, 0.717) is 0 Å². The Morgan fingerprint density at radius 3 is 1.26 bits per heavy atom. The molecule has 10 aromatic carbocycles. The van der Waals surface area contributed by atoms with E-state index in [1.807, 2.05) is 36.4 Å². The number of rotatable bonds is 6. The van der Waals surface area contributed by atoms with E-state index in [-0.39, 0.29) is 0 Å². The Balaban J connectivity index is 0.952. The van der Waals surface area contributed by atoms with Gasteiger partial charge in [0.15, 0.2) is 0 Å². The topological polar surface area (TPSA) is 42.7 Å². The number of furan rings is 3. The Labute approximate surface area is 356 Å². The van der Waals surface area contributed by atoms with E-state index in [4.69, 9.17) is 13.3 Å². The summed E-state index contributed by atoms with van der Waals surface area (Å²) in [4.78, 5) is 2.38. The van der Waals surface area contributed by atoms with Crippen molar-refractivity contribution in [3.8, 4) is 33.4 Å². The highest BCUT2D eigenvalue weighted by atomic mass is 16.3. The maximum Gasteiger partial charge on any atom is 0.143 e. The van der Waals surface area contributed by atoms with Crippen molar-refractivity contribution in [3.63, 3.8) is 0 Å². The van der Waals surface area contributed by atoms with E-state index >= 15 is 0 Å². The zero-order valence-corrected chi connectivity index (χ0v) is 33.4. The van der Waals surface area contributed by atoms with Crippen LogP contribution in [0, 0.1) is 0 Å². The van der Waals surface area contributed by atoms with Crippen LogP contribution in [0.15, 0.2) is 226 Å². The van der Waals surface area contributed by atoms with Gasteiger partial charge in [-0.2, -0.15) is 0 Å². The molecule has 0 spiro atoms. The van der Waals surface area contributed by atoms with Gasteiger partial charge in [0.1, 0.15) is 33.5 Å². The Kier molecular flexibility index (Phi) is 7.57. The number of anilines is 3. The number of fused-ring (bicyclic) bond motifs is 10. The first-order chi connectivity index (χ1) is 30.7. The maximum absolute atomic E-state index is 6.56. The number of hydrogen-bond acceptors (Lipinski definition) is 4. The molecule has 0 fully saturated rings. The molecule has 3 heterocycles. The molecular weight excluding hydrogens is 759 g/mol. The molecule has 0 unspecified atom stereocenters. The van der Waals surface area contributed by atoms with Gasteiger partial charge >= 0.3 is 0 Å². The van der Waals surface area contributed by atoms with E-state index in [1.54, 1.807) is 0 Å². The summed E-state index contributed by atoms with van der Waals surface area (Å²) >= 11 is 0. The lowest BCUT2D eigenvalue weighted by Gasteiger charge is -2.28. The van der Waals surface area contributed by atoms with Crippen LogP contribution in [0.2, 0.25) is 0 Å². The van der Waals surface area contributed by atoms with Crippen LogP contribution < -0.4 is 4.90 Å². The Hall–Kier alpha value is -8.34. The first kappa shape index (κ1) is 34.5. The summed E-state index contributed by atoms with van der Waals surface area (Å²) in [5.41, 5.74) is 15.3. The van der Waals surface area contributed by atoms with Crippen LogP contribution in [0.5, 0.6) is 0 Å². The summed E-state index contributed by atoms with van der Waals surface area (Å²) in [6.45, 7) is 0. The van der Waals surface area contributed by atoms with Gasteiger partial charge in [-0.25, -0.2) is 0 Å². The second-order valence-corrected chi connectivity index (χ2v) is 16.0. The van der Waals surface area contributed by atoms with Gasteiger partial charge in [-0.15, -0.1) is 0 Å². The second kappa shape index (κ2) is 13.6. The first-order valence-corrected chi connectivity index (χ1v) is 21.0. The molecule has 0 N–H and O–H groups in total. The molecule has 0 aliphatic carbocycles. The summed E-state index contributed by atoms with van der Waals surface area (Å²) in [6.07, 6.45) is 0. The summed E-state index contributed by atoms with van der Waals surface area (Å²) in [7, 11) is 0. The van der Waals surface area contributed by atoms with Crippen LogP contribution >= 0.6 is 0 Å². The van der Waals surface area contributed by atoms with Crippen LogP contribution in [-0.2, 0) is 0 Å². The van der Waals surface area contributed by atoms with Gasteiger partial charge < -0.3 is 18.2 Å². The fourth-order valence-electron chi connectivity index (χ4n) is 9.52. The van der Waals surface area contributed by atoms with Crippen molar-refractivity contribution in [1.29, 1.82) is 0 Å². The SMILES string of the molecule is c1ccc2c(c1)oc1ccc(-c3ccc(N(c4ccc(-c5ccc6oc7ccccc7c6c5)cc4)c4ccc(-c5cccc6c5oc5ccccc56)c5ccccc45)cc3)cc12. The molecule has 0 bridgehead atoms. The molecule has 0 aliphatic heterocycles. The molecule has 0 aliphatic rings. The van der Waals surface area contributed by atoms with Crippen molar-refractivity contribution in [2.45, 2.75) is 0 Å². The number of nitrogens with zero attached hydrogens (tertiary/aromatic N) is 1. The van der Waals surface area contributed by atoms with Gasteiger partial charge in [0, 0.05) is 54.6 Å². The van der Waals surface area contributed by atoms with Crippen molar-refractivity contribution in [3.05, 3.63) is 212 Å². The summed E-state index contributed by atoms with van der Waals surface area (Å²) < 4.78 is 18.9. The van der Waals surface area contributed by atoms with E-state index in [0.717, 1.165) is 127 Å². The predicted octanol–water partition coefficient (Wildman–Crippen LogP) is 17.0. The molecule has 4 nitrogen and oxygen atoms in total. The smallest absolute Gasteiger partial charge is 0.143 e. The van der Waals surface area contributed by atoms with E-state index < -0.39 is 0 Å². The zero-order valence-electron chi connectivity index (χ0n) is 33.4. The Bertz CT molecular complexity index is 3710. The lowest BCUT2D eigenvalue weighted by molar-refractivity contribution is 0.668. The van der Waals surface area contributed by atoms with Crippen LogP contribution in [0.1, 0.15) is 0 Å². The monoisotopic (exact) mass is 793 g/mol. The van der Waals surface area contributed by atoms with Gasteiger partial charge in [0.25, 0.3) is 0 Å². The van der Waals surface area contributed by atoms with Crippen LogP contribution in [0.4, 0.5) is 17.1 Å². The van der Waals surface area contributed by atoms with Gasteiger partial charge in [-0.1, -0.05) is 140 Å². The third-order valence-corrected chi connectivity index (χ3v) is 12.5. The van der Waals surface area contributed by atoms with Crippen molar-refractivity contribution in [2.24, 2.45) is 0 Å². The molecule has 0 saturated carbocycles. The van der Waals surface area contributed by atoms with Crippen molar-refractivity contribution < 1.29 is 13.3 Å². The highest BCUT2D eigenvalue weighted by Crippen LogP contribution is 2.45. The van der Waals surface area contributed by atoms with Crippen LogP contribution in [0.3, 0.4) is 0 Å². The molecule has 13 rings (SSSR count). The third-order valence-electron chi connectivity index (χ3n) is 12.5. The first-order valence-electron chi connectivity index (χ1n) is 21.0. The fourth-order valence-corrected chi connectivity index (χ4v) is 9.52. The number of benzene rings is 10. The maximum atomic E-state index is 6.56. The molecule has 0 radical (unpaired) electrons. The summed E-state index contributed by atoms with van der Waals surface area (Å²) in [6, 6.07) is 75.2. The van der Waals surface area contributed by atoms with Crippen molar-refractivity contribution in [2.75, 3.05) is 4.90 Å². The summed E-state index contributed by atoms with van der Waals surface area (Å²) in [5.74, 6) is 0. The molecule has 62 heavy (non-hydrogen) atoms. The number of hydrogen-bond donors (Lipinski definition) is 0. The van der Waals surface area contributed by atoms with E-state index in [9.17, 15) is 0 Å². The van der Waals surface area contributed by atoms with Gasteiger partial charge in [0.05, 0.1) is 5.69 Å². The highest BCUT2D eigenvalue weighted by Gasteiger charge is 2.20. The van der Waals surface area contributed by atoms with Crippen molar-refractivity contribution in [1.82, 2.24) is 0 Å². The van der Waals surface area contributed by atoms with Crippen LogP contribution in [0.25, 0.3) is 110 Å². The molecular formula is C58H35NO3. The molecule has 0 atom stereocenters. The molecule has 3 aromatic heterocycles. The predicted molar refractivity (Wildman–Crippen MR) is 257 cm³/mol. The minimum absolute atomic E-state index is 0.894. The lowest BCUT2D eigenvalue weighted by atomic mass is 9.95. The molecule has 290 valence electrons. The van der Waals surface area contributed by atoms with Gasteiger partial charge in [-0.3, -0.25) is 0 Å². The van der Waals surface area contributed by atoms with E-state index in [1.165, 1.54) is 0 Å². The third kappa shape index (κ3) is 5.40. The highest BCUT2D eigenvalue weighted by molar-refractivity contribution is 6.14. The minimum Gasteiger partial charge on any atom is -0.456 e. The molecule has 4 heteroatoms. The standard InChI is InChI=1S/C58H35NO3/c1-2-11-44-42(10-1)43(48-15-9-16-49-45-12-3-8-19-55(45)62-58(48)49)30-31-52(44)59(40-26-20-36(21-27-40)38-24-32-56-50(34-38)46-13-4-6-17-53(46)60-56)41-28-22-37(23-29-41)39-25-33-57-51(35-39)47-14-5-7-18-54(47)61-57/h1-35H. The van der Waals surface area contributed by atoms with Crippen LogP contribution in [-0.4, -0.2) is 0 Å². The molecule has 13 aromatic rings. The average Bonchev–Trinajstić information content (AvgIpc) is 4.03. The molecule has 0 saturated heterocycles. The number of para-hydroxylation sites is 4. The molecule has 0 amide bonds. The minimum atomic E-state index is 0.894. The quantitative estimate of drug-likeness (QED) is 0.168. The lowest BCUT2D eigenvalue weighted by Crippen LogP contribution is -2.10. The van der Waals surface area contributed by atoms with E-state index in [2.05, 4.69) is 181 Å². The van der Waals surface area contributed by atoms with Gasteiger partial charge in [-0.05, 0) is 106 Å². The normalized spacial score (nSPS) is 11.9. The fraction of sp³-hybridized carbons (Fsp3) is 0. The van der Waals surface area contributed by atoms with Gasteiger partial charge in [0.2, 0.25) is 0 Å². The zero-order chi connectivity index (χ0) is 40.7.